The molecule has 0 aliphatic carbocycles. The monoisotopic (exact) mass is 268 g/mol. The number of benzene rings is 1. The second-order valence-corrected chi connectivity index (χ2v) is 5.31. The summed E-state index contributed by atoms with van der Waals surface area (Å²) in [5.74, 6) is 2.73. The fourth-order valence-corrected chi connectivity index (χ4v) is 2.93. The molecular formula is C16H16N2O2. The Labute approximate surface area is 118 Å². The SMILES string of the molecule is C#CC1CC(=O)N(c2ccc3c(c2)N(C(C)=O)CC3)C1. The Bertz CT molecular complexity index is 630. The lowest BCUT2D eigenvalue weighted by Gasteiger charge is -2.20. The van der Waals surface area contributed by atoms with Gasteiger partial charge >= 0.3 is 0 Å². The van der Waals surface area contributed by atoms with Gasteiger partial charge in [0.25, 0.3) is 0 Å². The number of rotatable bonds is 1. The second-order valence-electron chi connectivity index (χ2n) is 5.31. The normalized spacial score (nSPS) is 21.0. The molecule has 0 radical (unpaired) electrons. The molecule has 20 heavy (non-hydrogen) atoms. The first kappa shape index (κ1) is 12.7. The molecule has 2 heterocycles. The van der Waals surface area contributed by atoms with Gasteiger partial charge in [-0.05, 0) is 24.1 Å². The van der Waals surface area contributed by atoms with E-state index in [1.165, 1.54) is 0 Å². The topological polar surface area (TPSA) is 40.6 Å². The third-order valence-electron chi connectivity index (χ3n) is 4.02. The van der Waals surface area contributed by atoms with Gasteiger partial charge in [-0.25, -0.2) is 0 Å². The third kappa shape index (κ3) is 1.96. The maximum Gasteiger partial charge on any atom is 0.228 e. The Morgan fingerprint density at radius 2 is 2.25 bits per heavy atom. The number of carbonyl (C=O) groups excluding carboxylic acids is 2. The standard InChI is InChI=1S/C16H16N2O2/c1-3-12-8-16(20)18(10-12)14-5-4-13-6-7-17(11(2)19)15(13)9-14/h1,4-5,9,12H,6-8,10H2,2H3. The van der Waals surface area contributed by atoms with Crippen LogP contribution in [-0.4, -0.2) is 24.9 Å². The zero-order valence-electron chi connectivity index (χ0n) is 11.4. The fraction of sp³-hybridized carbons (Fsp3) is 0.375. The van der Waals surface area contributed by atoms with Crippen LogP contribution in [0.4, 0.5) is 11.4 Å². The molecule has 0 aromatic heterocycles. The van der Waals surface area contributed by atoms with Crippen LogP contribution >= 0.6 is 0 Å². The smallest absolute Gasteiger partial charge is 0.228 e. The average molecular weight is 268 g/mol. The van der Waals surface area contributed by atoms with Crippen LogP contribution in [0.15, 0.2) is 18.2 Å². The van der Waals surface area contributed by atoms with E-state index in [-0.39, 0.29) is 17.7 Å². The highest BCUT2D eigenvalue weighted by Gasteiger charge is 2.31. The van der Waals surface area contributed by atoms with Crippen LogP contribution in [0.1, 0.15) is 18.9 Å². The Morgan fingerprint density at radius 3 is 2.90 bits per heavy atom. The lowest BCUT2D eigenvalue weighted by Crippen LogP contribution is -2.27. The van der Waals surface area contributed by atoms with Crippen molar-refractivity contribution in [2.75, 3.05) is 22.9 Å². The van der Waals surface area contributed by atoms with Crippen LogP contribution in [0.25, 0.3) is 0 Å². The molecule has 4 heteroatoms. The number of nitrogens with zero attached hydrogens (tertiary/aromatic N) is 2. The number of hydrogen-bond acceptors (Lipinski definition) is 2. The van der Waals surface area contributed by atoms with Crippen molar-refractivity contribution in [3.05, 3.63) is 23.8 Å². The quantitative estimate of drug-likeness (QED) is 0.726. The molecule has 3 rings (SSSR count). The second kappa shape index (κ2) is 4.68. The van der Waals surface area contributed by atoms with Gasteiger partial charge < -0.3 is 9.80 Å². The van der Waals surface area contributed by atoms with E-state index in [1.54, 1.807) is 16.7 Å². The van der Waals surface area contributed by atoms with E-state index in [1.807, 2.05) is 18.2 Å². The molecule has 4 nitrogen and oxygen atoms in total. The summed E-state index contributed by atoms with van der Waals surface area (Å²) in [5.41, 5.74) is 2.91. The van der Waals surface area contributed by atoms with Crippen molar-refractivity contribution >= 4 is 23.2 Å². The third-order valence-corrected chi connectivity index (χ3v) is 4.02. The first-order valence-corrected chi connectivity index (χ1v) is 6.77. The lowest BCUT2D eigenvalue weighted by atomic mass is 10.1. The predicted octanol–water partition coefficient (Wildman–Crippen LogP) is 1.58. The highest BCUT2D eigenvalue weighted by Crippen LogP contribution is 2.34. The summed E-state index contributed by atoms with van der Waals surface area (Å²) in [6, 6.07) is 5.88. The van der Waals surface area contributed by atoms with Crippen LogP contribution in [0.2, 0.25) is 0 Å². The molecule has 2 aliphatic rings. The van der Waals surface area contributed by atoms with Gasteiger partial charge in [-0.1, -0.05) is 6.07 Å². The van der Waals surface area contributed by atoms with E-state index in [9.17, 15) is 9.59 Å². The van der Waals surface area contributed by atoms with Crippen molar-refractivity contribution in [1.82, 2.24) is 0 Å². The molecule has 1 aromatic rings. The lowest BCUT2D eigenvalue weighted by molar-refractivity contribution is -0.117. The minimum Gasteiger partial charge on any atom is -0.312 e. The molecule has 102 valence electrons. The average Bonchev–Trinajstić information content (AvgIpc) is 3.01. The van der Waals surface area contributed by atoms with Crippen molar-refractivity contribution in [2.24, 2.45) is 5.92 Å². The highest BCUT2D eigenvalue weighted by atomic mass is 16.2. The number of anilines is 2. The first-order valence-electron chi connectivity index (χ1n) is 6.77. The van der Waals surface area contributed by atoms with E-state index in [2.05, 4.69) is 5.92 Å². The molecule has 1 atom stereocenters. The van der Waals surface area contributed by atoms with Gasteiger partial charge in [-0.2, -0.15) is 0 Å². The van der Waals surface area contributed by atoms with Gasteiger partial charge in [0, 0.05) is 43.7 Å². The Balaban J connectivity index is 1.94. The summed E-state index contributed by atoms with van der Waals surface area (Å²) in [5, 5.41) is 0. The summed E-state index contributed by atoms with van der Waals surface area (Å²) in [6.45, 7) is 2.85. The minimum atomic E-state index is -0.0142. The molecule has 0 saturated carbocycles. The van der Waals surface area contributed by atoms with E-state index >= 15 is 0 Å². The molecule has 2 aliphatic heterocycles. The highest BCUT2D eigenvalue weighted by molar-refractivity contribution is 5.99. The maximum atomic E-state index is 12.0. The summed E-state index contributed by atoms with van der Waals surface area (Å²) in [6.07, 6.45) is 6.68. The van der Waals surface area contributed by atoms with Crippen LogP contribution in [0.5, 0.6) is 0 Å². The maximum absolute atomic E-state index is 12.0. The van der Waals surface area contributed by atoms with Gasteiger partial charge in [0.1, 0.15) is 0 Å². The number of terminal acetylenes is 1. The largest absolute Gasteiger partial charge is 0.312 e. The molecule has 1 unspecified atom stereocenters. The number of carbonyl (C=O) groups is 2. The Hall–Kier alpha value is -2.28. The molecule has 0 spiro atoms. The van der Waals surface area contributed by atoms with E-state index < -0.39 is 0 Å². The van der Waals surface area contributed by atoms with Crippen molar-refractivity contribution in [2.45, 2.75) is 19.8 Å². The summed E-state index contributed by atoms with van der Waals surface area (Å²) < 4.78 is 0. The predicted molar refractivity (Wildman–Crippen MR) is 77.5 cm³/mol. The van der Waals surface area contributed by atoms with E-state index in [0.717, 1.165) is 29.9 Å². The Kier molecular flexibility index (Phi) is 2.98. The zero-order chi connectivity index (χ0) is 14.3. The van der Waals surface area contributed by atoms with Crippen LogP contribution in [0.3, 0.4) is 0 Å². The number of hydrogen-bond donors (Lipinski definition) is 0. The van der Waals surface area contributed by atoms with Crippen LogP contribution in [0, 0.1) is 18.3 Å². The van der Waals surface area contributed by atoms with Crippen molar-refractivity contribution in [3.63, 3.8) is 0 Å². The summed E-state index contributed by atoms with van der Waals surface area (Å²) >= 11 is 0. The molecule has 1 saturated heterocycles. The Morgan fingerprint density at radius 1 is 1.45 bits per heavy atom. The summed E-state index contributed by atoms with van der Waals surface area (Å²) in [4.78, 5) is 27.1. The van der Waals surface area contributed by atoms with E-state index in [4.69, 9.17) is 6.42 Å². The number of fused-ring (bicyclic) bond motifs is 1. The van der Waals surface area contributed by atoms with Crippen LogP contribution < -0.4 is 9.80 Å². The molecule has 0 bridgehead atoms. The van der Waals surface area contributed by atoms with Crippen molar-refractivity contribution in [3.8, 4) is 12.3 Å². The molecular weight excluding hydrogens is 252 g/mol. The van der Waals surface area contributed by atoms with Crippen molar-refractivity contribution in [1.29, 1.82) is 0 Å². The molecule has 0 N–H and O–H groups in total. The van der Waals surface area contributed by atoms with E-state index in [0.29, 0.717) is 13.0 Å². The summed E-state index contributed by atoms with van der Waals surface area (Å²) in [7, 11) is 0. The molecule has 1 aromatic carbocycles. The fourth-order valence-electron chi connectivity index (χ4n) is 2.93. The van der Waals surface area contributed by atoms with Crippen molar-refractivity contribution < 1.29 is 9.59 Å². The van der Waals surface area contributed by atoms with Crippen LogP contribution in [-0.2, 0) is 16.0 Å². The minimum absolute atomic E-state index is 0.0142. The molecule has 1 fully saturated rings. The van der Waals surface area contributed by atoms with Gasteiger partial charge in [0.05, 0.1) is 0 Å². The van der Waals surface area contributed by atoms with Gasteiger partial charge in [0.2, 0.25) is 11.8 Å². The number of amides is 2. The first-order chi connectivity index (χ1) is 9.60. The van der Waals surface area contributed by atoms with Gasteiger partial charge in [-0.15, -0.1) is 12.3 Å². The van der Waals surface area contributed by atoms with Gasteiger partial charge in [0.15, 0.2) is 0 Å². The van der Waals surface area contributed by atoms with Gasteiger partial charge in [-0.3, -0.25) is 9.59 Å². The molecule has 2 amide bonds. The zero-order valence-corrected chi connectivity index (χ0v) is 11.4.